The fourth-order valence-electron chi connectivity index (χ4n) is 3.87. The van der Waals surface area contributed by atoms with Gasteiger partial charge in [-0.2, -0.15) is 13.2 Å². The minimum Gasteiger partial charge on any atom is -0.481 e. The van der Waals surface area contributed by atoms with Gasteiger partial charge in [0.25, 0.3) is 0 Å². The molecule has 0 aliphatic heterocycles. The Bertz CT molecular complexity index is 1340. The highest BCUT2D eigenvalue weighted by Crippen LogP contribution is 2.35. The second-order valence-corrected chi connectivity index (χ2v) is 11.3. The summed E-state index contributed by atoms with van der Waals surface area (Å²) >= 11 is 1.29. The standard InChI is InChI=1S/C29H33F3N2O5S/c1-8-37-24(35)16-38-25-17(2)13-22(14-18(25)3)34(27(36)39-28(5,6)7)15-23-19(4)33-26(40-23)20-9-11-21(12-10-20)29(30,31)32/h9-14H,8,15-16H2,1-7H3. The average Bonchev–Trinajstić information content (AvgIpc) is 3.20. The predicted octanol–water partition coefficient (Wildman–Crippen LogP) is 7.64. The summed E-state index contributed by atoms with van der Waals surface area (Å²) in [6.45, 7) is 12.6. The van der Waals surface area contributed by atoms with Gasteiger partial charge < -0.3 is 14.2 Å². The van der Waals surface area contributed by atoms with Crippen LogP contribution in [-0.2, 0) is 27.0 Å². The van der Waals surface area contributed by atoms with Crippen LogP contribution in [0.1, 0.15) is 55.0 Å². The van der Waals surface area contributed by atoms with Crippen molar-refractivity contribution in [3.05, 3.63) is 63.7 Å². The molecule has 216 valence electrons. The van der Waals surface area contributed by atoms with E-state index < -0.39 is 29.4 Å². The Morgan fingerprint density at radius 1 is 1.00 bits per heavy atom. The Kier molecular flexibility index (Phi) is 9.50. The highest BCUT2D eigenvalue weighted by molar-refractivity contribution is 7.15. The molecular formula is C29H33F3N2O5S. The molecule has 11 heteroatoms. The van der Waals surface area contributed by atoms with E-state index in [1.54, 1.807) is 46.8 Å². The summed E-state index contributed by atoms with van der Waals surface area (Å²) in [7, 11) is 0. The number of benzene rings is 2. The summed E-state index contributed by atoms with van der Waals surface area (Å²) in [5.41, 5.74) is 1.68. The van der Waals surface area contributed by atoms with Crippen molar-refractivity contribution >= 4 is 29.1 Å². The molecule has 0 radical (unpaired) electrons. The SMILES string of the molecule is CCOC(=O)COc1c(C)cc(N(Cc2sc(-c3ccc(C(F)(F)F)cc3)nc2C)C(=O)OC(C)(C)C)cc1C. The summed E-state index contributed by atoms with van der Waals surface area (Å²) in [5, 5.41) is 0.542. The van der Waals surface area contributed by atoms with Crippen molar-refractivity contribution < 1.29 is 37.0 Å². The van der Waals surface area contributed by atoms with E-state index in [1.807, 2.05) is 13.8 Å². The van der Waals surface area contributed by atoms with E-state index in [4.69, 9.17) is 14.2 Å². The van der Waals surface area contributed by atoms with Crippen molar-refractivity contribution in [2.45, 2.75) is 66.8 Å². The topological polar surface area (TPSA) is 78.0 Å². The zero-order valence-corrected chi connectivity index (χ0v) is 24.4. The molecule has 0 saturated heterocycles. The van der Waals surface area contributed by atoms with E-state index in [1.165, 1.54) is 28.4 Å². The highest BCUT2D eigenvalue weighted by atomic mass is 32.1. The molecule has 7 nitrogen and oxygen atoms in total. The molecule has 40 heavy (non-hydrogen) atoms. The van der Waals surface area contributed by atoms with Gasteiger partial charge in [0.05, 0.1) is 24.4 Å². The van der Waals surface area contributed by atoms with Crippen LogP contribution in [0.15, 0.2) is 36.4 Å². The lowest BCUT2D eigenvalue weighted by Gasteiger charge is -2.28. The summed E-state index contributed by atoms with van der Waals surface area (Å²) in [6.07, 6.45) is -5.00. The van der Waals surface area contributed by atoms with Crippen molar-refractivity contribution in [2.24, 2.45) is 0 Å². The molecule has 3 aromatic rings. The van der Waals surface area contributed by atoms with E-state index in [0.717, 1.165) is 17.0 Å². The number of thiazole rings is 1. The van der Waals surface area contributed by atoms with E-state index in [0.29, 0.717) is 38.8 Å². The van der Waals surface area contributed by atoms with Crippen LogP contribution >= 0.6 is 11.3 Å². The molecule has 0 atom stereocenters. The molecule has 0 unspecified atom stereocenters. The molecule has 3 rings (SSSR count). The second kappa shape index (κ2) is 12.3. The van der Waals surface area contributed by atoms with Crippen molar-refractivity contribution in [3.8, 4) is 16.3 Å². The maximum atomic E-state index is 13.4. The summed E-state index contributed by atoms with van der Waals surface area (Å²) in [5.74, 6) is 0.0322. The fourth-order valence-corrected chi connectivity index (χ4v) is 4.92. The van der Waals surface area contributed by atoms with Gasteiger partial charge in [0.1, 0.15) is 16.4 Å². The van der Waals surface area contributed by atoms with Gasteiger partial charge in [-0.25, -0.2) is 14.6 Å². The number of amides is 1. The molecule has 0 fully saturated rings. The van der Waals surface area contributed by atoms with Crippen LogP contribution in [0.25, 0.3) is 10.6 Å². The molecule has 2 aromatic carbocycles. The first-order valence-corrected chi connectivity index (χ1v) is 13.4. The van der Waals surface area contributed by atoms with E-state index >= 15 is 0 Å². The Hall–Kier alpha value is -3.60. The maximum Gasteiger partial charge on any atom is 0.416 e. The largest absolute Gasteiger partial charge is 0.481 e. The summed E-state index contributed by atoms with van der Waals surface area (Å²) in [4.78, 5) is 31.9. The van der Waals surface area contributed by atoms with Crippen LogP contribution in [-0.4, -0.2) is 35.9 Å². The number of rotatable bonds is 8. The predicted molar refractivity (Wildman–Crippen MR) is 148 cm³/mol. The minimum atomic E-state index is -4.42. The number of nitrogens with zero attached hydrogens (tertiary/aromatic N) is 2. The van der Waals surface area contributed by atoms with E-state index in [9.17, 15) is 22.8 Å². The molecule has 0 bridgehead atoms. The van der Waals surface area contributed by atoms with Gasteiger partial charge in [0.15, 0.2) is 6.61 Å². The van der Waals surface area contributed by atoms with Crippen LogP contribution in [0.5, 0.6) is 5.75 Å². The molecule has 0 spiro atoms. The van der Waals surface area contributed by atoms with Crippen molar-refractivity contribution in [1.82, 2.24) is 4.98 Å². The second-order valence-electron chi connectivity index (χ2n) is 10.2. The maximum absolute atomic E-state index is 13.4. The molecule has 0 saturated carbocycles. The number of aromatic nitrogens is 1. The lowest BCUT2D eigenvalue weighted by molar-refractivity contribution is -0.145. The van der Waals surface area contributed by atoms with Gasteiger partial charge in [-0.15, -0.1) is 11.3 Å². The van der Waals surface area contributed by atoms with Crippen LogP contribution < -0.4 is 9.64 Å². The van der Waals surface area contributed by atoms with Gasteiger partial charge in [0, 0.05) is 16.1 Å². The third-order valence-electron chi connectivity index (χ3n) is 5.66. The zero-order chi connectivity index (χ0) is 29.8. The number of anilines is 1. The first kappa shape index (κ1) is 30.9. The number of ether oxygens (including phenoxy) is 3. The van der Waals surface area contributed by atoms with Crippen LogP contribution in [0.3, 0.4) is 0 Å². The number of aryl methyl sites for hydroxylation is 3. The molecule has 0 aliphatic carbocycles. The van der Waals surface area contributed by atoms with Crippen molar-refractivity contribution in [1.29, 1.82) is 0 Å². The molecular weight excluding hydrogens is 545 g/mol. The fraction of sp³-hybridized carbons (Fsp3) is 0.414. The Balaban J connectivity index is 1.94. The third-order valence-corrected chi connectivity index (χ3v) is 6.86. The molecule has 1 aromatic heterocycles. The average molecular weight is 579 g/mol. The van der Waals surface area contributed by atoms with Gasteiger partial charge >= 0.3 is 18.2 Å². The van der Waals surface area contributed by atoms with Crippen molar-refractivity contribution in [2.75, 3.05) is 18.1 Å². The molecule has 1 heterocycles. The van der Waals surface area contributed by atoms with Crippen molar-refractivity contribution in [3.63, 3.8) is 0 Å². The number of alkyl halides is 3. The van der Waals surface area contributed by atoms with Gasteiger partial charge in [0.2, 0.25) is 0 Å². The van der Waals surface area contributed by atoms with E-state index in [-0.39, 0.29) is 19.8 Å². The van der Waals surface area contributed by atoms with Crippen LogP contribution in [0.4, 0.5) is 23.7 Å². The number of esters is 1. The monoisotopic (exact) mass is 578 g/mol. The third kappa shape index (κ3) is 7.97. The van der Waals surface area contributed by atoms with Gasteiger partial charge in [-0.3, -0.25) is 4.90 Å². The number of hydrogen-bond acceptors (Lipinski definition) is 7. The Morgan fingerprint density at radius 2 is 1.60 bits per heavy atom. The minimum absolute atomic E-state index is 0.126. The summed E-state index contributed by atoms with van der Waals surface area (Å²) in [6, 6.07) is 8.36. The number of halogens is 3. The first-order valence-electron chi connectivity index (χ1n) is 12.6. The Labute approximate surface area is 235 Å². The van der Waals surface area contributed by atoms with E-state index in [2.05, 4.69) is 4.98 Å². The first-order chi connectivity index (χ1) is 18.6. The van der Waals surface area contributed by atoms with Gasteiger partial charge in [-0.05, 0) is 83.9 Å². The molecule has 0 aliphatic rings. The van der Waals surface area contributed by atoms with Crippen LogP contribution in [0.2, 0.25) is 0 Å². The lowest BCUT2D eigenvalue weighted by Crippen LogP contribution is -2.36. The smallest absolute Gasteiger partial charge is 0.416 e. The normalized spacial score (nSPS) is 11.8. The quantitative estimate of drug-likeness (QED) is 0.256. The number of carbonyl (C=O) groups excluding carboxylic acids is 2. The van der Waals surface area contributed by atoms with Gasteiger partial charge in [-0.1, -0.05) is 12.1 Å². The Morgan fingerprint density at radius 3 is 2.12 bits per heavy atom. The molecule has 1 amide bonds. The molecule has 0 N–H and O–H groups in total. The zero-order valence-electron chi connectivity index (χ0n) is 23.6. The number of hydrogen-bond donors (Lipinski definition) is 0. The van der Waals surface area contributed by atoms with Crippen LogP contribution in [0, 0.1) is 20.8 Å². The number of carbonyl (C=O) groups is 2. The highest BCUT2D eigenvalue weighted by Gasteiger charge is 2.30. The lowest BCUT2D eigenvalue weighted by atomic mass is 10.1. The summed E-state index contributed by atoms with van der Waals surface area (Å²) < 4.78 is 55.3.